The normalized spacial score (nSPS) is 18.6. The van der Waals surface area contributed by atoms with Gasteiger partial charge in [0.25, 0.3) is 5.69 Å². The molecule has 1 N–H and O–H groups in total. The molecule has 1 amide bonds. The largest absolute Gasteiger partial charge is 0.358 e. The van der Waals surface area contributed by atoms with Gasteiger partial charge in [0.05, 0.1) is 4.92 Å². The summed E-state index contributed by atoms with van der Waals surface area (Å²) in [6.07, 6.45) is 0. The smallest absolute Gasteiger partial charge is 0.289 e. The average molecular weight is 260 g/mol. The molecule has 1 aliphatic rings. The first-order valence-electron chi connectivity index (χ1n) is 5.77. The molecule has 0 spiro atoms. The molecule has 2 rings (SSSR count). The molecule has 0 bridgehead atoms. The third-order valence-electron chi connectivity index (χ3n) is 3.13. The van der Waals surface area contributed by atoms with E-state index in [4.69, 9.17) is 5.26 Å². The predicted molar refractivity (Wildman–Crippen MR) is 67.6 cm³/mol. The van der Waals surface area contributed by atoms with E-state index in [1.165, 1.54) is 12.1 Å². The molecule has 7 heteroatoms. The second-order valence-corrected chi connectivity index (χ2v) is 4.23. The van der Waals surface area contributed by atoms with Gasteiger partial charge in [-0.15, -0.1) is 0 Å². The van der Waals surface area contributed by atoms with Crippen molar-refractivity contribution in [2.75, 3.05) is 18.0 Å². The number of nitro benzene ring substituents is 1. The molecule has 19 heavy (non-hydrogen) atoms. The van der Waals surface area contributed by atoms with Crippen molar-refractivity contribution in [3.63, 3.8) is 0 Å². The minimum atomic E-state index is -0.587. The number of benzene rings is 1. The van der Waals surface area contributed by atoms with Crippen molar-refractivity contribution in [3.05, 3.63) is 33.9 Å². The SMILES string of the molecule is CC1C(=O)NCCN1c1ccc(C#N)c([N+](=O)[O-])c1. The Labute approximate surface area is 109 Å². The Bertz CT molecular complexity index is 579. The molecule has 98 valence electrons. The van der Waals surface area contributed by atoms with Gasteiger partial charge in [0, 0.05) is 24.8 Å². The number of anilines is 1. The fourth-order valence-electron chi connectivity index (χ4n) is 2.08. The van der Waals surface area contributed by atoms with E-state index < -0.39 is 4.92 Å². The van der Waals surface area contributed by atoms with E-state index in [-0.39, 0.29) is 23.2 Å². The molecule has 1 saturated heterocycles. The maximum Gasteiger partial charge on any atom is 0.289 e. The van der Waals surface area contributed by atoms with Crippen LogP contribution in [0.25, 0.3) is 0 Å². The van der Waals surface area contributed by atoms with Crippen molar-refractivity contribution in [2.24, 2.45) is 0 Å². The van der Waals surface area contributed by atoms with Gasteiger partial charge in [0.2, 0.25) is 5.91 Å². The number of nitriles is 1. The Balaban J connectivity index is 2.41. The molecule has 1 unspecified atom stereocenters. The number of carbonyl (C=O) groups is 1. The highest BCUT2D eigenvalue weighted by Gasteiger charge is 2.27. The molecular formula is C12H12N4O3. The minimum absolute atomic E-state index is 0.0165. The van der Waals surface area contributed by atoms with Crippen molar-refractivity contribution >= 4 is 17.3 Å². The highest BCUT2D eigenvalue weighted by molar-refractivity contribution is 5.86. The predicted octanol–water partition coefficient (Wildman–Crippen LogP) is 0.791. The van der Waals surface area contributed by atoms with Gasteiger partial charge in [0.15, 0.2) is 0 Å². The topological polar surface area (TPSA) is 99.3 Å². The average Bonchev–Trinajstić information content (AvgIpc) is 2.41. The van der Waals surface area contributed by atoms with E-state index >= 15 is 0 Å². The molecule has 1 aliphatic heterocycles. The lowest BCUT2D eigenvalue weighted by Crippen LogP contribution is -2.54. The Morgan fingerprint density at radius 2 is 2.32 bits per heavy atom. The van der Waals surface area contributed by atoms with Crippen LogP contribution < -0.4 is 10.2 Å². The second kappa shape index (κ2) is 4.94. The molecule has 1 aromatic carbocycles. The number of nitrogens with one attached hydrogen (secondary N) is 1. The highest BCUT2D eigenvalue weighted by Crippen LogP contribution is 2.27. The van der Waals surface area contributed by atoms with E-state index in [0.29, 0.717) is 18.8 Å². The van der Waals surface area contributed by atoms with E-state index in [0.717, 1.165) is 0 Å². The number of carbonyl (C=O) groups excluding carboxylic acids is 1. The fraction of sp³-hybridized carbons (Fsp3) is 0.333. The molecule has 0 radical (unpaired) electrons. The zero-order valence-corrected chi connectivity index (χ0v) is 10.3. The third kappa shape index (κ3) is 2.33. The van der Waals surface area contributed by atoms with Gasteiger partial charge in [-0.25, -0.2) is 0 Å². The number of amides is 1. The zero-order valence-electron chi connectivity index (χ0n) is 10.3. The number of hydrogen-bond donors (Lipinski definition) is 1. The molecule has 7 nitrogen and oxygen atoms in total. The maximum absolute atomic E-state index is 11.6. The lowest BCUT2D eigenvalue weighted by Gasteiger charge is -2.34. The molecule has 1 heterocycles. The van der Waals surface area contributed by atoms with Gasteiger partial charge in [-0.05, 0) is 19.1 Å². The van der Waals surface area contributed by atoms with Crippen LogP contribution in [0.5, 0.6) is 0 Å². The van der Waals surface area contributed by atoms with Crippen LogP contribution in [-0.2, 0) is 4.79 Å². The number of rotatable bonds is 2. The van der Waals surface area contributed by atoms with Gasteiger partial charge in [-0.3, -0.25) is 14.9 Å². The monoisotopic (exact) mass is 260 g/mol. The Morgan fingerprint density at radius 3 is 2.95 bits per heavy atom. The summed E-state index contributed by atoms with van der Waals surface area (Å²) in [6, 6.07) is 5.78. The van der Waals surface area contributed by atoms with Crippen LogP contribution in [0, 0.1) is 21.4 Å². The fourth-order valence-corrected chi connectivity index (χ4v) is 2.08. The van der Waals surface area contributed by atoms with Crippen LogP contribution in [0.3, 0.4) is 0 Å². The van der Waals surface area contributed by atoms with Crippen LogP contribution in [0.4, 0.5) is 11.4 Å². The summed E-state index contributed by atoms with van der Waals surface area (Å²) in [5, 5.41) is 22.5. The lowest BCUT2D eigenvalue weighted by atomic mass is 10.1. The van der Waals surface area contributed by atoms with Crippen molar-refractivity contribution in [1.82, 2.24) is 5.32 Å². The van der Waals surface area contributed by atoms with Crippen LogP contribution >= 0.6 is 0 Å². The summed E-state index contributed by atoms with van der Waals surface area (Å²) in [7, 11) is 0. The summed E-state index contributed by atoms with van der Waals surface area (Å²) < 4.78 is 0. The van der Waals surface area contributed by atoms with Crippen LogP contribution in [0.1, 0.15) is 12.5 Å². The summed E-state index contributed by atoms with van der Waals surface area (Å²) in [4.78, 5) is 23.7. The first kappa shape index (κ1) is 12.8. The van der Waals surface area contributed by atoms with E-state index in [1.807, 2.05) is 0 Å². The first-order valence-corrected chi connectivity index (χ1v) is 5.77. The number of piperazine rings is 1. The Hall–Kier alpha value is -2.62. The Kier molecular flexibility index (Phi) is 3.33. The van der Waals surface area contributed by atoms with Crippen LogP contribution in [-0.4, -0.2) is 30.0 Å². The molecule has 1 fully saturated rings. The second-order valence-electron chi connectivity index (χ2n) is 4.23. The van der Waals surface area contributed by atoms with E-state index in [2.05, 4.69) is 5.32 Å². The van der Waals surface area contributed by atoms with Gasteiger partial charge < -0.3 is 10.2 Å². The number of nitrogens with zero attached hydrogens (tertiary/aromatic N) is 3. The Morgan fingerprint density at radius 1 is 1.58 bits per heavy atom. The van der Waals surface area contributed by atoms with Crippen molar-refractivity contribution in [1.29, 1.82) is 5.26 Å². The number of hydrogen-bond acceptors (Lipinski definition) is 5. The minimum Gasteiger partial charge on any atom is -0.358 e. The summed E-state index contributed by atoms with van der Waals surface area (Å²) in [6.45, 7) is 2.81. The standard InChI is InChI=1S/C12H12N4O3/c1-8-12(17)14-4-5-15(8)10-3-2-9(7-13)11(6-10)16(18)19/h2-3,6,8H,4-5H2,1H3,(H,14,17). The third-order valence-corrected chi connectivity index (χ3v) is 3.13. The summed E-state index contributed by atoms with van der Waals surface area (Å²) >= 11 is 0. The molecular weight excluding hydrogens is 248 g/mol. The van der Waals surface area contributed by atoms with Gasteiger partial charge >= 0.3 is 0 Å². The van der Waals surface area contributed by atoms with Crippen molar-refractivity contribution in [2.45, 2.75) is 13.0 Å². The molecule has 0 aromatic heterocycles. The van der Waals surface area contributed by atoms with Crippen LogP contribution in [0.15, 0.2) is 18.2 Å². The van der Waals surface area contributed by atoms with Gasteiger partial charge in [-0.2, -0.15) is 5.26 Å². The van der Waals surface area contributed by atoms with E-state index in [1.54, 1.807) is 24.0 Å². The summed E-state index contributed by atoms with van der Waals surface area (Å²) in [5.41, 5.74) is 0.356. The summed E-state index contributed by atoms with van der Waals surface area (Å²) in [5.74, 6) is -0.113. The molecule has 0 aliphatic carbocycles. The van der Waals surface area contributed by atoms with Gasteiger partial charge in [-0.1, -0.05) is 0 Å². The van der Waals surface area contributed by atoms with Gasteiger partial charge in [0.1, 0.15) is 17.7 Å². The maximum atomic E-state index is 11.6. The molecule has 1 atom stereocenters. The van der Waals surface area contributed by atoms with Crippen LogP contribution in [0.2, 0.25) is 0 Å². The molecule has 1 aromatic rings. The van der Waals surface area contributed by atoms with E-state index in [9.17, 15) is 14.9 Å². The zero-order chi connectivity index (χ0) is 14.0. The first-order chi connectivity index (χ1) is 9.04. The lowest BCUT2D eigenvalue weighted by molar-refractivity contribution is -0.385. The molecule has 0 saturated carbocycles. The highest BCUT2D eigenvalue weighted by atomic mass is 16.6. The quantitative estimate of drug-likeness (QED) is 0.626. The van der Waals surface area contributed by atoms with Crippen molar-refractivity contribution < 1.29 is 9.72 Å². The number of nitro groups is 1. The van der Waals surface area contributed by atoms with Crippen molar-refractivity contribution in [3.8, 4) is 6.07 Å².